The van der Waals surface area contributed by atoms with Crippen LogP contribution >= 0.6 is 22.9 Å². The molecule has 0 saturated carbocycles. The Morgan fingerprint density at radius 1 is 0.943 bits per heavy atom. The van der Waals surface area contributed by atoms with Gasteiger partial charge >= 0.3 is 0 Å². The highest BCUT2D eigenvalue weighted by Gasteiger charge is 2.16. The molecule has 1 aromatic heterocycles. The van der Waals surface area contributed by atoms with E-state index in [1.54, 1.807) is 13.3 Å². The molecule has 1 N–H and O–H groups in total. The molecule has 0 saturated heterocycles. The van der Waals surface area contributed by atoms with Gasteiger partial charge < -0.3 is 4.74 Å². The molecule has 0 aliphatic heterocycles. The Morgan fingerprint density at radius 3 is 2.51 bits per heavy atom. The van der Waals surface area contributed by atoms with Crippen molar-refractivity contribution < 1.29 is 4.74 Å². The Hall–Kier alpha value is -3.81. The number of nitrogens with zero attached hydrogens (tertiary/aromatic N) is 4. The summed E-state index contributed by atoms with van der Waals surface area (Å²) < 4.78 is 5.20. The summed E-state index contributed by atoms with van der Waals surface area (Å²) in [5, 5.41) is 15.3. The number of hydrogen-bond acceptors (Lipinski definition) is 7. The molecule has 0 spiro atoms. The summed E-state index contributed by atoms with van der Waals surface area (Å²) in [4.78, 5) is 4.73. The van der Waals surface area contributed by atoms with Crippen LogP contribution in [0.4, 0.5) is 15.8 Å². The molecule has 0 radical (unpaired) electrons. The zero-order valence-corrected chi connectivity index (χ0v) is 20.6. The SMILES string of the molecule is COc1ccc(N=Nc2sc(N/N=C/C3=C(Cl)c4ccccc4CC3)nc2-c2ccccc2)cc1. The number of aromatic nitrogens is 1. The number of benzene rings is 3. The summed E-state index contributed by atoms with van der Waals surface area (Å²) in [7, 11) is 1.63. The molecule has 0 unspecified atom stereocenters. The van der Waals surface area contributed by atoms with Gasteiger partial charge in [0.15, 0.2) is 5.00 Å². The lowest BCUT2D eigenvalue weighted by molar-refractivity contribution is 0.415. The highest BCUT2D eigenvalue weighted by atomic mass is 35.5. The van der Waals surface area contributed by atoms with Gasteiger partial charge in [-0.15, -0.1) is 10.2 Å². The maximum atomic E-state index is 6.64. The molecule has 0 fully saturated rings. The van der Waals surface area contributed by atoms with Crippen molar-refractivity contribution in [2.24, 2.45) is 15.3 Å². The number of azo groups is 1. The minimum Gasteiger partial charge on any atom is -0.497 e. The molecule has 6 nitrogen and oxygen atoms in total. The number of aryl methyl sites for hydroxylation is 1. The normalized spacial score (nSPS) is 13.4. The van der Waals surface area contributed by atoms with Crippen LogP contribution in [0.1, 0.15) is 17.5 Å². The third-order valence-electron chi connectivity index (χ3n) is 5.57. The highest BCUT2D eigenvalue weighted by Crippen LogP contribution is 2.39. The largest absolute Gasteiger partial charge is 0.497 e. The second kappa shape index (κ2) is 10.6. The lowest BCUT2D eigenvalue weighted by Crippen LogP contribution is -2.04. The van der Waals surface area contributed by atoms with Crippen LogP contribution in [0, 0.1) is 0 Å². The van der Waals surface area contributed by atoms with E-state index in [2.05, 4.69) is 26.8 Å². The van der Waals surface area contributed by atoms with Gasteiger partial charge in [-0.3, -0.25) is 5.43 Å². The molecular weight excluding hydrogens is 478 g/mol. The number of rotatable bonds is 7. The number of thiazole rings is 1. The van der Waals surface area contributed by atoms with E-state index in [9.17, 15) is 0 Å². The Labute approximate surface area is 212 Å². The topological polar surface area (TPSA) is 71.2 Å². The van der Waals surface area contributed by atoms with Crippen LogP contribution in [0.5, 0.6) is 5.75 Å². The van der Waals surface area contributed by atoms with Crippen molar-refractivity contribution in [1.82, 2.24) is 4.98 Å². The number of ether oxygens (including phenoxy) is 1. The number of anilines is 1. The van der Waals surface area contributed by atoms with Gasteiger partial charge in [0.25, 0.3) is 0 Å². The van der Waals surface area contributed by atoms with Crippen LogP contribution in [0.2, 0.25) is 0 Å². The van der Waals surface area contributed by atoms with E-state index in [1.807, 2.05) is 72.8 Å². The van der Waals surface area contributed by atoms with E-state index in [1.165, 1.54) is 16.9 Å². The van der Waals surface area contributed by atoms with Gasteiger partial charge in [0, 0.05) is 5.56 Å². The van der Waals surface area contributed by atoms with Gasteiger partial charge in [-0.25, -0.2) is 4.98 Å². The number of hydrazone groups is 1. The molecule has 1 heterocycles. The molecule has 35 heavy (non-hydrogen) atoms. The van der Waals surface area contributed by atoms with Crippen molar-refractivity contribution in [3.05, 3.63) is 95.6 Å². The van der Waals surface area contributed by atoms with E-state index < -0.39 is 0 Å². The average Bonchev–Trinajstić information content (AvgIpc) is 3.32. The van der Waals surface area contributed by atoms with E-state index >= 15 is 0 Å². The summed E-state index contributed by atoms with van der Waals surface area (Å²) in [6, 6.07) is 25.5. The van der Waals surface area contributed by atoms with Gasteiger partial charge in [-0.05, 0) is 53.8 Å². The monoisotopic (exact) mass is 499 g/mol. The Bertz CT molecular complexity index is 1410. The number of fused-ring (bicyclic) bond motifs is 1. The van der Waals surface area contributed by atoms with Gasteiger partial charge in [0.2, 0.25) is 5.13 Å². The first-order chi connectivity index (χ1) is 17.2. The molecule has 4 aromatic rings. The van der Waals surface area contributed by atoms with Gasteiger partial charge in [0.05, 0.1) is 24.0 Å². The summed E-state index contributed by atoms with van der Waals surface area (Å²) in [5.41, 5.74) is 8.81. The second-order valence-corrected chi connectivity index (χ2v) is 9.16. The maximum absolute atomic E-state index is 6.64. The lowest BCUT2D eigenvalue weighted by Gasteiger charge is -2.17. The third-order valence-corrected chi connectivity index (χ3v) is 6.86. The van der Waals surface area contributed by atoms with Crippen LogP contribution in [0.15, 0.2) is 99.8 Å². The minimum atomic E-state index is 0.622. The van der Waals surface area contributed by atoms with E-state index in [0.29, 0.717) is 10.1 Å². The quantitative estimate of drug-likeness (QED) is 0.158. The molecule has 0 bridgehead atoms. The molecule has 5 rings (SSSR count). The van der Waals surface area contributed by atoms with Crippen molar-refractivity contribution in [2.75, 3.05) is 12.5 Å². The predicted molar refractivity (Wildman–Crippen MR) is 144 cm³/mol. The van der Waals surface area contributed by atoms with Crippen molar-refractivity contribution in [3.63, 3.8) is 0 Å². The summed E-state index contributed by atoms with van der Waals surface area (Å²) in [6.07, 6.45) is 3.56. The van der Waals surface area contributed by atoms with Gasteiger partial charge in [-0.1, -0.05) is 77.5 Å². The van der Waals surface area contributed by atoms with Gasteiger partial charge in [0.1, 0.15) is 11.4 Å². The second-order valence-electron chi connectivity index (χ2n) is 7.80. The smallest absolute Gasteiger partial charge is 0.206 e. The zero-order chi connectivity index (χ0) is 24.0. The van der Waals surface area contributed by atoms with Crippen LogP contribution in [0.25, 0.3) is 16.3 Å². The number of methoxy groups -OCH3 is 1. The van der Waals surface area contributed by atoms with Crippen molar-refractivity contribution in [3.8, 4) is 17.0 Å². The van der Waals surface area contributed by atoms with Crippen molar-refractivity contribution in [1.29, 1.82) is 0 Å². The van der Waals surface area contributed by atoms with E-state index in [-0.39, 0.29) is 0 Å². The molecule has 3 aromatic carbocycles. The fourth-order valence-electron chi connectivity index (χ4n) is 3.75. The van der Waals surface area contributed by atoms with Crippen LogP contribution < -0.4 is 10.2 Å². The summed E-state index contributed by atoms with van der Waals surface area (Å²) in [6.45, 7) is 0. The van der Waals surface area contributed by atoms with Crippen molar-refractivity contribution in [2.45, 2.75) is 12.8 Å². The molecule has 8 heteroatoms. The fraction of sp³-hybridized carbons (Fsp3) is 0.111. The van der Waals surface area contributed by atoms with E-state index in [4.69, 9.17) is 21.3 Å². The molecule has 0 amide bonds. The highest BCUT2D eigenvalue weighted by molar-refractivity contribution is 7.19. The lowest BCUT2D eigenvalue weighted by atomic mass is 9.92. The average molecular weight is 500 g/mol. The Morgan fingerprint density at radius 2 is 1.71 bits per heavy atom. The van der Waals surface area contributed by atoms with Crippen LogP contribution in [0.3, 0.4) is 0 Å². The summed E-state index contributed by atoms with van der Waals surface area (Å²) in [5.74, 6) is 0.771. The number of halogens is 1. The number of hydrogen-bond donors (Lipinski definition) is 1. The van der Waals surface area contributed by atoms with Crippen LogP contribution in [-0.4, -0.2) is 18.3 Å². The van der Waals surface area contributed by atoms with Gasteiger partial charge in [-0.2, -0.15) is 5.10 Å². The Kier molecular flexibility index (Phi) is 6.97. The first-order valence-electron chi connectivity index (χ1n) is 11.1. The standard InChI is InChI=1S/C27H22ClN5OS/c1-34-22-15-13-21(14-16-22)31-32-26-25(19-8-3-2-4-9-19)30-27(35-26)33-29-17-20-12-11-18-7-5-6-10-23(18)24(20)28/h2-10,13-17H,11-12H2,1H3,(H,30,33)/b29-17+,32-31?. The predicted octanol–water partition coefficient (Wildman–Crippen LogP) is 8.23. The molecular formula is C27H22ClN5OS. The van der Waals surface area contributed by atoms with Crippen LogP contribution in [-0.2, 0) is 6.42 Å². The third kappa shape index (κ3) is 5.31. The molecule has 0 atom stereocenters. The first kappa shape index (κ1) is 23.0. The zero-order valence-electron chi connectivity index (χ0n) is 19.0. The molecule has 174 valence electrons. The van der Waals surface area contributed by atoms with E-state index in [0.717, 1.165) is 51.7 Å². The molecule has 1 aliphatic carbocycles. The summed E-state index contributed by atoms with van der Waals surface area (Å²) >= 11 is 8.02. The first-order valence-corrected chi connectivity index (χ1v) is 12.3. The molecule has 1 aliphatic rings. The fourth-order valence-corrected chi connectivity index (χ4v) is 4.84. The minimum absolute atomic E-state index is 0.622. The maximum Gasteiger partial charge on any atom is 0.206 e. The Balaban J connectivity index is 1.39. The number of nitrogens with one attached hydrogen (secondary N) is 1. The van der Waals surface area contributed by atoms with Crippen molar-refractivity contribution >= 4 is 50.0 Å². The number of allylic oxidation sites excluding steroid dienone is 1.